The quantitative estimate of drug-likeness (QED) is 0.533. The highest BCUT2D eigenvalue weighted by atomic mass is 16.5. The molecule has 4 rings (SSSR count). The van der Waals surface area contributed by atoms with Crippen molar-refractivity contribution in [3.8, 4) is 11.5 Å². The summed E-state index contributed by atoms with van der Waals surface area (Å²) in [6, 6.07) is 18.7. The first kappa shape index (κ1) is 23.0. The van der Waals surface area contributed by atoms with Crippen LogP contribution in [0.15, 0.2) is 66.7 Å². The minimum absolute atomic E-state index is 0.153. The smallest absolute Gasteiger partial charge is 0.265 e. The number of anilines is 2. The van der Waals surface area contributed by atoms with E-state index in [9.17, 15) is 14.4 Å². The normalized spacial score (nSPS) is 13.5. The van der Waals surface area contributed by atoms with Gasteiger partial charge in [-0.25, -0.2) is 0 Å². The molecule has 1 N–H and O–H groups in total. The number of hydrogen-bond donors (Lipinski definition) is 1. The molecule has 1 atom stereocenters. The number of amides is 2. The first-order valence-corrected chi connectivity index (χ1v) is 11.0. The fourth-order valence-corrected chi connectivity index (χ4v) is 3.69. The molecule has 7 nitrogen and oxygen atoms in total. The number of Topliss-reactive ketones (excluding diaryl/α,β-unsaturated/α-hetero) is 1. The van der Waals surface area contributed by atoms with Crippen molar-refractivity contribution in [1.29, 1.82) is 0 Å². The molecule has 7 heteroatoms. The first-order valence-electron chi connectivity index (χ1n) is 11.0. The monoisotopic (exact) mass is 458 g/mol. The lowest BCUT2D eigenvalue weighted by Crippen LogP contribution is -2.49. The standard InChI is InChI=1S/C27H26N2O5/c1-17-9-11-22(13-18(17)2)33-15-24(30)20-10-12-25-23(14-20)29(26(31)16-34-25)19(3)27(32)28-21-7-5-4-6-8-21/h4-14,19H,15-16H2,1-3H3,(H,28,32). The Balaban J connectivity index is 1.52. The Morgan fingerprint density at radius 3 is 2.53 bits per heavy atom. The number of nitrogens with one attached hydrogen (secondary N) is 1. The van der Waals surface area contributed by atoms with Gasteiger partial charge in [0.25, 0.3) is 5.91 Å². The third-order valence-corrected chi connectivity index (χ3v) is 5.82. The molecule has 0 aromatic heterocycles. The molecular weight excluding hydrogens is 432 g/mol. The second kappa shape index (κ2) is 9.79. The van der Waals surface area contributed by atoms with Gasteiger partial charge in [0.05, 0.1) is 5.69 Å². The number of benzene rings is 3. The summed E-state index contributed by atoms with van der Waals surface area (Å²) in [7, 11) is 0. The lowest BCUT2D eigenvalue weighted by Gasteiger charge is -2.33. The van der Waals surface area contributed by atoms with E-state index in [2.05, 4.69) is 5.32 Å². The fourth-order valence-electron chi connectivity index (χ4n) is 3.69. The Kier molecular flexibility index (Phi) is 6.63. The third kappa shape index (κ3) is 4.93. The topological polar surface area (TPSA) is 84.9 Å². The van der Waals surface area contributed by atoms with Gasteiger partial charge in [0, 0.05) is 11.3 Å². The van der Waals surface area contributed by atoms with Crippen LogP contribution in [-0.2, 0) is 9.59 Å². The van der Waals surface area contributed by atoms with Crippen LogP contribution in [-0.4, -0.2) is 36.9 Å². The zero-order chi connectivity index (χ0) is 24.2. The maximum Gasteiger partial charge on any atom is 0.265 e. The van der Waals surface area contributed by atoms with E-state index in [1.807, 2.05) is 50.2 Å². The molecule has 0 radical (unpaired) electrons. The van der Waals surface area contributed by atoms with E-state index in [0.29, 0.717) is 28.4 Å². The van der Waals surface area contributed by atoms with Gasteiger partial charge in [-0.3, -0.25) is 19.3 Å². The Hall–Kier alpha value is -4.13. The zero-order valence-electron chi connectivity index (χ0n) is 19.3. The highest BCUT2D eigenvalue weighted by Crippen LogP contribution is 2.35. The van der Waals surface area contributed by atoms with Gasteiger partial charge in [0.2, 0.25) is 5.91 Å². The summed E-state index contributed by atoms with van der Waals surface area (Å²) < 4.78 is 11.2. The van der Waals surface area contributed by atoms with Gasteiger partial charge in [-0.05, 0) is 74.4 Å². The molecule has 174 valence electrons. The average molecular weight is 459 g/mol. The number of fused-ring (bicyclic) bond motifs is 1. The summed E-state index contributed by atoms with van der Waals surface area (Å²) >= 11 is 0. The lowest BCUT2D eigenvalue weighted by atomic mass is 10.1. The first-order chi connectivity index (χ1) is 16.3. The predicted molar refractivity (Wildman–Crippen MR) is 130 cm³/mol. The maximum atomic E-state index is 12.9. The fraction of sp³-hybridized carbons (Fsp3) is 0.222. The van der Waals surface area contributed by atoms with Crippen LogP contribution in [0.2, 0.25) is 0 Å². The molecule has 3 aromatic carbocycles. The van der Waals surface area contributed by atoms with Gasteiger partial charge in [0.1, 0.15) is 17.5 Å². The number of ketones is 1. The molecule has 0 aliphatic carbocycles. The Labute approximate surface area is 198 Å². The molecule has 2 amide bonds. The van der Waals surface area contributed by atoms with E-state index in [1.54, 1.807) is 37.3 Å². The van der Waals surface area contributed by atoms with Gasteiger partial charge in [-0.1, -0.05) is 24.3 Å². The van der Waals surface area contributed by atoms with Crippen LogP contribution in [0, 0.1) is 13.8 Å². The number of hydrogen-bond acceptors (Lipinski definition) is 5. The average Bonchev–Trinajstić information content (AvgIpc) is 2.84. The molecule has 1 aliphatic heterocycles. The van der Waals surface area contributed by atoms with Crippen molar-refractivity contribution in [1.82, 2.24) is 0 Å². The number of carbonyl (C=O) groups is 3. The van der Waals surface area contributed by atoms with Crippen LogP contribution in [0.4, 0.5) is 11.4 Å². The Morgan fingerprint density at radius 2 is 1.79 bits per heavy atom. The van der Waals surface area contributed by atoms with Crippen molar-refractivity contribution in [3.63, 3.8) is 0 Å². The van der Waals surface area contributed by atoms with E-state index >= 15 is 0 Å². The number of ether oxygens (including phenoxy) is 2. The zero-order valence-corrected chi connectivity index (χ0v) is 19.3. The maximum absolute atomic E-state index is 12.9. The van der Waals surface area contributed by atoms with Gasteiger partial charge in [-0.15, -0.1) is 0 Å². The van der Waals surface area contributed by atoms with Gasteiger partial charge >= 0.3 is 0 Å². The number of aryl methyl sites for hydroxylation is 2. The van der Waals surface area contributed by atoms with Gasteiger partial charge in [0.15, 0.2) is 19.0 Å². The van der Waals surface area contributed by atoms with Crippen molar-refractivity contribution in [2.24, 2.45) is 0 Å². The van der Waals surface area contributed by atoms with E-state index in [-0.39, 0.29) is 30.8 Å². The van der Waals surface area contributed by atoms with E-state index in [4.69, 9.17) is 9.47 Å². The predicted octanol–water partition coefficient (Wildman–Crippen LogP) is 4.32. The molecular formula is C27H26N2O5. The largest absolute Gasteiger partial charge is 0.485 e. The molecule has 0 fully saturated rings. The second-order valence-corrected chi connectivity index (χ2v) is 8.22. The minimum Gasteiger partial charge on any atom is -0.485 e. The number of carbonyl (C=O) groups excluding carboxylic acids is 3. The molecule has 0 saturated heterocycles. The summed E-state index contributed by atoms with van der Waals surface area (Å²) in [5.41, 5.74) is 3.59. The van der Waals surface area contributed by atoms with E-state index in [0.717, 1.165) is 11.1 Å². The minimum atomic E-state index is -0.813. The van der Waals surface area contributed by atoms with Crippen molar-refractivity contribution in [3.05, 3.63) is 83.4 Å². The van der Waals surface area contributed by atoms with Gasteiger partial charge < -0.3 is 14.8 Å². The highest BCUT2D eigenvalue weighted by Gasteiger charge is 2.33. The SMILES string of the molecule is Cc1ccc(OCC(=O)c2ccc3c(c2)N(C(C)C(=O)Nc2ccccc2)C(=O)CO3)cc1C. The Morgan fingerprint density at radius 1 is 1.03 bits per heavy atom. The molecule has 1 aliphatic rings. The van der Waals surface area contributed by atoms with Crippen molar-refractivity contribution < 1.29 is 23.9 Å². The number of nitrogens with zero attached hydrogens (tertiary/aromatic N) is 1. The molecule has 0 bridgehead atoms. The van der Waals surface area contributed by atoms with Crippen LogP contribution in [0.25, 0.3) is 0 Å². The lowest BCUT2D eigenvalue weighted by molar-refractivity contribution is -0.125. The molecule has 3 aromatic rings. The van der Waals surface area contributed by atoms with E-state index in [1.165, 1.54) is 4.90 Å². The van der Waals surface area contributed by atoms with Crippen LogP contribution >= 0.6 is 0 Å². The van der Waals surface area contributed by atoms with E-state index < -0.39 is 6.04 Å². The number of para-hydroxylation sites is 1. The van der Waals surface area contributed by atoms with Crippen molar-refractivity contribution >= 4 is 29.0 Å². The number of rotatable bonds is 7. The summed E-state index contributed by atoms with van der Waals surface area (Å²) in [5, 5.41) is 2.81. The Bertz CT molecular complexity index is 1240. The van der Waals surface area contributed by atoms with Crippen LogP contribution in [0.5, 0.6) is 11.5 Å². The molecule has 34 heavy (non-hydrogen) atoms. The van der Waals surface area contributed by atoms with Gasteiger partial charge in [-0.2, -0.15) is 0 Å². The van der Waals surface area contributed by atoms with Crippen molar-refractivity contribution in [2.45, 2.75) is 26.8 Å². The van der Waals surface area contributed by atoms with Crippen LogP contribution in [0.3, 0.4) is 0 Å². The molecule has 1 unspecified atom stereocenters. The highest BCUT2D eigenvalue weighted by molar-refractivity contribution is 6.08. The molecule has 0 saturated carbocycles. The molecule has 0 spiro atoms. The summed E-state index contributed by atoms with van der Waals surface area (Å²) in [6.07, 6.45) is 0. The molecule has 1 heterocycles. The summed E-state index contributed by atoms with van der Waals surface area (Å²) in [5.74, 6) is 0.0909. The summed E-state index contributed by atoms with van der Waals surface area (Å²) in [4.78, 5) is 39.8. The van der Waals surface area contributed by atoms with Crippen LogP contribution < -0.4 is 19.7 Å². The van der Waals surface area contributed by atoms with Crippen molar-refractivity contribution in [2.75, 3.05) is 23.4 Å². The second-order valence-electron chi connectivity index (χ2n) is 8.22. The third-order valence-electron chi connectivity index (χ3n) is 5.82. The summed E-state index contributed by atoms with van der Waals surface area (Å²) in [6.45, 7) is 5.30. The van der Waals surface area contributed by atoms with Crippen LogP contribution in [0.1, 0.15) is 28.4 Å².